The average Bonchev–Trinajstić information content (AvgIpc) is 2.81. The minimum atomic E-state index is -0.469. The van der Waals surface area contributed by atoms with Gasteiger partial charge in [-0.3, -0.25) is 9.59 Å². The number of unbranched alkanes of at least 4 members (excludes halogenated alkanes) is 7. The molecule has 0 aliphatic heterocycles. The van der Waals surface area contributed by atoms with E-state index < -0.39 is 6.04 Å². The minimum absolute atomic E-state index is 0.0781. The van der Waals surface area contributed by atoms with Gasteiger partial charge in [-0.2, -0.15) is 0 Å². The predicted molar refractivity (Wildman–Crippen MR) is 139 cm³/mol. The van der Waals surface area contributed by atoms with Crippen LogP contribution in [0.2, 0.25) is 0 Å². The molecule has 0 aliphatic carbocycles. The monoisotopic (exact) mass is 470 g/mol. The third-order valence-corrected chi connectivity index (χ3v) is 5.70. The van der Waals surface area contributed by atoms with Gasteiger partial charge < -0.3 is 32.7 Å². The lowest BCUT2D eigenvalue weighted by Gasteiger charge is -2.12. The lowest BCUT2D eigenvalue weighted by Crippen LogP contribution is -2.41. The van der Waals surface area contributed by atoms with E-state index >= 15 is 0 Å². The lowest BCUT2D eigenvalue weighted by atomic mass is 10.1. The first kappa shape index (κ1) is 31.8. The third kappa shape index (κ3) is 23.7. The minimum Gasteiger partial charge on any atom is -0.356 e. The molecule has 0 aromatic rings. The van der Waals surface area contributed by atoms with Crippen molar-refractivity contribution >= 4 is 11.8 Å². The topological polar surface area (TPSA) is 134 Å². The highest BCUT2D eigenvalue weighted by Gasteiger charge is 2.12. The molecule has 8 N–H and O–H groups in total. The number of amides is 2. The Morgan fingerprint density at radius 2 is 1.24 bits per heavy atom. The zero-order chi connectivity index (χ0) is 24.4. The first-order chi connectivity index (χ1) is 16.1. The molecule has 0 spiro atoms. The van der Waals surface area contributed by atoms with Crippen LogP contribution in [0.1, 0.15) is 96.8 Å². The summed E-state index contributed by atoms with van der Waals surface area (Å²) in [5.41, 5.74) is 11.4. The second kappa shape index (κ2) is 25.4. The van der Waals surface area contributed by atoms with Crippen LogP contribution >= 0.6 is 0 Å². The van der Waals surface area contributed by atoms with Crippen molar-refractivity contribution in [2.75, 3.05) is 45.8 Å². The first-order valence-electron chi connectivity index (χ1n) is 13.5. The van der Waals surface area contributed by atoms with Crippen molar-refractivity contribution < 1.29 is 9.59 Å². The molecule has 0 radical (unpaired) electrons. The van der Waals surface area contributed by atoms with E-state index in [0.717, 1.165) is 84.1 Å². The van der Waals surface area contributed by atoms with Crippen LogP contribution in [-0.2, 0) is 9.59 Å². The van der Waals surface area contributed by atoms with Crippen molar-refractivity contribution in [3.8, 4) is 0 Å². The summed E-state index contributed by atoms with van der Waals surface area (Å²) < 4.78 is 0. The van der Waals surface area contributed by atoms with Gasteiger partial charge in [0.1, 0.15) is 0 Å². The number of carbonyl (C=O) groups is 2. The summed E-state index contributed by atoms with van der Waals surface area (Å²) in [7, 11) is 0. The average molecular weight is 471 g/mol. The van der Waals surface area contributed by atoms with Crippen LogP contribution in [0.25, 0.3) is 0 Å². The van der Waals surface area contributed by atoms with Crippen molar-refractivity contribution in [1.82, 2.24) is 21.3 Å². The van der Waals surface area contributed by atoms with Gasteiger partial charge in [0.25, 0.3) is 0 Å². The predicted octanol–water partition coefficient (Wildman–Crippen LogP) is 2.17. The zero-order valence-electron chi connectivity index (χ0n) is 21.4. The summed E-state index contributed by atoms with van der Waals surface area (Å²) >= 11 is 0. The molecule has 2 amide bonds. The number of hydrogen-bond donors (Lipinski definition) is 6. The third-order valence-electron chi connectivity index (χ3n) is 5.70. The number of carbonyl (C=O) groups excluding carboxylic acids is 2. The lowest BCUT2D eigenvalue weighted by molar-refractivity contribution is -0.123. The van der Waals surface area contributed by atoms with Crippen molar-refractivity contribution in [3.63, 3.8) is 0 Å². The van der Waals surface area contributed by atoms with Crippen LogP contribution in [0.4, 0.5) is 0 Å². The van der Waals surface area contributed by atoms with Crippen LogP contribution in [0.15, 0.2) is 0 Å². The normalized spacial score (nSPS) is 12.0. The van der Waals surface area contributed by atoms with E-state index in [4.69, 9.17) is 11.5 Å². The van der Waals surface area contributed by atoms with Crippen LogP contribution in [-0.4, -0.2) is 63.7 Å². The molecule has 8 heteroatoms. The van der Waals surface area contributed by atoms with E-state index in [2.05, 4.69) is 28.2 Å². The Bertz CT molecular complexity index is 451. The Morgan fingerprint density at radius 1 is 0.667 bits per heavy atom. The summed E-state index contributed by atoms with van der Waals surface area (Å²) in [6, 6.07) is -0.469. The standard InChI is InChI=1S/C25H54N6O2/c1-2-3-4-5-6-7-15-24(32)30-21-9-8-14-23(27)25(33)31-22-13-20-29-18-11-10-17-28-19-12-16-26/h23,28-29H,2-22,26-27H2,1H3,(H,30,32)(H,31,33)/t23-/m1/s1. The zero-order valence-corrected chi connectivity index (χ0v) is 21.4. The fraction of sp³-hybridized carbons (Fsp3) is 0.920. The molecule has 0 aromatic carbocycles. The SMILES string of the molecule is CCCCCCCCC(=O)NCCCC[C@@H](N)C(=O)NCCCNCCCCNCCCN. The van der Waals surface area contributed by atoms with Crippen molar-refractivity contribution in [2.45, 2.75) is 103 Å². The molecule has 0 unspecified atom stereocenters. The molecule has 0 saturated carbocycles. The van der Waals surface area contributed by atoms with Gasteiger partial charge in [-0.1, -0.05) is 39.0 Å². The van der Waals surface area contributed by atoms with Crippen molar-refractivity contribution in [1.29, 1.82) is 0 Å². The van der Waals surface area contributed by atoms with E-state index in [0.29, 0.717) is 25.9 Å². The van der Waals surface area contributed by atoms with E-state index in [1.165, 1.54) is 25.7 Å². The Morgan fingerprint density at radius 3 is 1.94 bits per heavy atom. The van der Waals surface area contributed by atoms with Gasteiger partial charge >= 0.3 is 0 Å². The Hall–Kier alpha value is -1.22. The van der Waals surface area contributed by atoms with Crippen molar-refractivity contribution in [2.24, 2.45) is 11.5 Å². The van der Waals surface area contributed by atoms with Gasteiger partial charge in [-0.05, 0) is 84.1 Å². The molecule has 8 nitrogen and oxygen atoms in total. The quantitative estimate of drug-likeness (QED) is 0.113. The molecule has 33 heavy (non-hydrogen) atoms. The largest absolute Gasteiger partial charge is 0.356 e. The molecule has 0 bridgehead atoms. The maximum Gasteiger partial charge on any atom is 0.236 e. The summed E-state index contributed by atoms with van der Waals surface area (Å²) in [5, 5.41) is 12.7. The molecule has 1 atom stereocenters. The van der Waals surface area contributed by atoms with E-state index in [-0.39, 0.29) is 11.8 Å². The van der Waals surface area contributed by atoms with Gasteiger partial charge in [0.05, 0.1) is 6.04 Å². The van der Waals surface area contributed by atoms with Gasteiger partial charge in [0.15, 0.2) is 0 Å². The van der Waals surface area contributed by atoms with E-state index in [9.17, 15) is 9.59 Å². The van der Waals surface area contributed by atoms with Crippen LogP contribution in [0.3, 0.4) is 0 Å². The summed E-state index contributed by atoms with van der Waals surface area (Å²) in [6.45, 7) is 8.21. The molecule has 0 aliphatic rings. The first-order valence-corrected chi connectivity index (χ1v) is 13.5. The van der Waals surface area contributed by atoms with E-state index in [1.807, 2.05) is 0 Å². The van der Waals surface area contributed by atoms with Crippen LogP contribution in [0.5, 0.6) is 0 Å². The maximum absolute atomic E-state index is 12.1. The maximum atomic E-state index is 12.1. The molecule has 0 heterocycles. The molecular weight excluding hydrogens is 416 g/mol. The fourth-order valence-electron chi connectivity index (χ4n) is 3.54. The smallest absolute Gasteiger partial charge is 0.236 e. The number of nitrogens with two attached hydrogens (primary N) is 2. The molecule has 0 fully saturated rings. The highest BCUT2D eigenvalue weighted by molar-refractivity contribution is 5.81. The number of nitrogens with one attached hydrogen (secondary N) is 4. The highest BCUT2D eigenvalue weighted by atomic mass is 16.2. The molecule has 0 saturated heterocycles. The van der Waals surface area contributed by atoms with Crippen molar-refractivity contribution in [3.05, 3.63) is 0 Å². The Labute approximate surface area is 203 Å². The van der Waals surface area contributed by atoms with Gasteiger partial charge in [0.2, 0.25) is 11.8 Å². The molecule has 196 valence electrons. The Kier molecular flexibility index (Phi) is 24.5. The molecule has 0 aromatic heterocycles. The molecule has 0 rings (SSSR count). The second-order valence-corrected chi connectivity index (χ2v) is 8.96. The van der Waals surface area contributed by atoms with Gasteiger partial charge in [-0.15, -0.1) is 0 Å². The number of rotatable bonds is 25. The summed E-state index contributed by atoms with van der Waals surface area (Å²) in [6.07, 6.45) is 14.4. The second-order valence-electron chi connectivity index (χ2n) is 8.96. The van der Waals surface area contributed by atoms with Crippen LogP contribution < -0.4 is 32.7 Å². The number of hydrogen-bond acceptors (Lipinski definition) is 6. The van der Waals surface area contributed by atoms with Gasteiger partial charge in [-0.25, -0.2) is 0 Å². The summed E-state index contributed by atoms with van der Waals surface area (Å²) in [4.78, 5) is 23.9. The van der Waals surface area contributed by atoms with E-state index in [1.54, 1.807) is 0 Å². The van der Waals surface area contributed by atoms with Crippen LogP contribution in [0, 0.1) is 0 Å². The molecular formula is C25H54N6O2. The summed E-state index contributed by atoms with van der Waals surface area (Å²) in [5.74, 6) is 0.0611. The highest BCUT2D eigenvalue weighted by Crippen LogP contribution is 2.06. The fourth-order valence-corrected chi connectivity index (χ4v) is 3.54. The van der Waals surface area contributed by atoms with Gasteiger partial charge in [0, 0.05) is 19.5 Å². The Balaban J connectivity index is 3.42.